The minimum Gasteiger partial charge on any atom is -0.402 e. The van der Waals surface area contributed by atoms with Crippen LogP contribution < -0.4 is 5.73 Å². The van der Waals surface area contributed by atoms with Gasteiger partial charge in [0, 0.05) is 0 Å². The fourth-order valence-corrected chi connectivity index (χ4v) is 0. The number of hydrogen-bond acceptors (Lipinski definition) is 2. The monoisotopic (exact) mass is 104 g/mol. The van der Waals surface area contributed by atoms with E-state index < -0.39 is 15.3 Å². The topological polar surface area (TPSA) is 43.1 Å². The first kappa shape index (κ1) is 5.56. The van der Waals surface area contributed by atoms with Crippen LogP contribution >= 0.6 is 0 Å². The van der Waals surface area contributed by atoms with Crippen LogP contribution in [0.25, 0.3) is 0 Å². The molecule has 2 N–H and O–H groups in total. The molecule has 0 fully saturated rings. The summed E-state index contributed by atoms with van der Waals surface area (Å²) in [6, 6.07) is 0. The maximum Gasteiger partial charge on any atom is 0.121 e. The van der Waals surface area contributed by atoms with Gasteiger partial charge in [0.05, 0.1) is 0 Å². The van der Waals surface area contributed by atoms with Crippen molar-refractivity contribution in [1.29, 1.82) is 0 Å². The zero-order valence-electron chi connectivity index (χ0n) is 3.31. The molecule has 0 aromatic rings. The number of rotatable bonds is 0. The maximum atomic E-state index is 9.81. The van der Waals surface area contributed by atoms with Gasteiger partial charge in [0.2, 0.25) is 0 Å². The highest BCUT2D eigenvalue weighted by atomic mass is 32.2. The van der Waals surface area contributed by atoms with Crippen LogP contribution in [0.5, 0.6) is 0 Å². The first-order valence-electron chi connectivity index (χ1n) is 1.27. The molecular weight excluding hydrogens is 98.1 g/mol. The molecule has 0 aromatic carbocycles. The molecule has 0 unspecified atom stereocenters. The lowest BCUT2D eigenvalue weighted by Gasteiger charge is -1.92. The highest BCUT2D eigenvalue weighted by Crippen LogP contribution is 1.56. The number of nitrogens with two attached hydrogens (primary N) is 1. The van der Waals surface area contributed by atoms with Gasteiger partial charge < -0.3 is 20.6 Å². The quantitative estimate of drug-likeness (QED) is 0.328. The van der Waals surface area contributed by atoms with Crippen LogP contribution in [-0.4, -0.2) is 17.0 Å². The summed E-state index contributed by atoms with van der Waals surface area (Å²) in [5.74, 6) is 6.56. The van der Waals surface area contributed by atoms with Crippen LogP contribution in [0, 0.1) is 0 Å². The second kappa shape index (κ2) is 1.87. The number of amides is 1. The van der Waals surface area contributed by atoms with Crippen molar-refractivity contribution in [3.05, 3.63) is 0 Å². The van der Waals surface area contributed by atoms with Crippen LogP contribution in [0.3, 0.4) is 0 Å². The summed E-state index contributed by atoms with van der Waals surface area (Å²) in [5.41, 5.74) is 4.68. The Morgan fingerprint density at radius 1 is 1.67 bits per heavy atom. The highest BCUT2D eigenvalue weighted by molar-refractivity contribution is 8.05. The van der Waals surface area contributed by atoms with Crippen LogP contribution in [0.2, 0.25) is 0 Å². The molecule has 0 saturated heterocycles. The lowest BCUT2D eigenvalue weighted by molar-refractivity contribution is 0.267. The van der Waals surface area contributed by atoms with E-state index in [9.17, 15) is 4.79 Å². The van der Waals surface area contributed by atoms with E-state index in [1.54, 1.807) is 0 Å². The first-order chi connectivity index (χ1) is 2.64. The number of hydrogen-bond donors (Lipinski definition) is 1. The molecule has 0 radical (unpaired) electrons. The standard InChI is InChI=1S/C3H6NOS/c1-6(2)3(4)5/h1-2H2,(H2,4,5)/q-1. The van der Waals surface area contributed by atoms with Crippen molar-refractivity contribution in [2.45, 2.75) is 0 Å². The van der Waals surface area contributed by atoms with Crippen LogP contribution in [-0.2, 0) is 10.1 Å². The fourth-order valence-electron chi connectivity index (χ4n) is 0. The van der Waals surface area contributed by atoms with Crippen molar-refractivity contribution in [2.75, 3.05) is 0 Å². The molecule has 36 valence electrons. The molecule has 2 nitrogen and oxygen atoms in total. The molecule has 0 aliphatic rings. The zero-order valence-corrected chi connectivity index (χ0v) is 4.12. The third-order valence-corrected chi connectivity index (χ3v) is 0.854. The fraction of sp³-hybridized carbons (Fsp3) is 0. The maximum absolute atomic E-state index is 9.81. The Morgan fingerprint density at radius 3 is 1.83 bits per heavy atom. The first-order valence-corrected chi connectivity index (χ1v) is 2.84. The summed E-state index contributed by atoms with van der Waals surface area (Å²) in [4.78, 5) is 9.81. The normalized spacial score (nSPS) is 8.83. The largest absolute Gasteiger partial charge is 0.402 e. The third-order valence-electron chi connectivity index (χ3n) is 0.285. The average Bonchev–Trinajstić information content (AvgIpc) is 1.36. The summed E-state index contributed by atoms with van der Waals surface area (Å²) in [6.07, 6.45) is 0. The van der Waals surface area contributed by atoms with Crippen molar-refractivity contribution < 1.29 is 4.79 Å². The Kier molecular flexibility index (Phi) is 1.73. The smallest absolute Gasteiger partial charge is 0.121 e. The Balaban J connectivity index is 3.94. The molecule has 1 amide bonds. The van der Waals surface area contributed by atoms with Gasteiger partial charge in [0.25, 0.3) is 0 Å². The van der Waals surface area contributed by atoms with E-state index >= 15 is 0 Å². The van der Waals surface area contributed by atoms with Gasteiger partial charge in [-0.15, -0.1) is 0 Å². The molecule has 0 saturated carbocycles. The second-order valence-corrected chi connectivity index (χ2v) is 2.20. The van der Waals surface area contributed by atoms with Gasteiger partial charge >= 0.3 is 0 Å². The van der Waals surface area contributed by atoms with Crippen LogP contribution in [0.1, 0.15) is 0 Å². The van der Waals surface area contributed by atoms with Crippen molar-refractivity contribution in [3.63, 3.8) is 0 Å². The van der Waals surface area contributed by atoms with E-state index in [0.29, 0.717) is 0 Å². The molecule has 0 heterocycles. The van der Waals surface area contributed by atoms with Crippen molar-refractivity contribution >= 4 is 27.1 Å². The van der Waals surface area contributed by atoms with Crippen LogP contribution in [0.4, 0.5) is 4.79 Å². The number of carbonyl (C=O) groups excluding carboxylic acids is 1. The van der Waals surface area contributed by atoms with E-state index in [-0.39, 0.29) is 0 Å². The Bertz CT molecular complexity index is 117. The Hall–Kier alpha value is -0.440. The van der Waals surface area contributed by atoms with E-state index in [2.05, 4.69) is 17.5 Å². The predicted molar refractivity (Wildman–Crippen MR) is 31.2 cm³/mol. The predicted octanol–water partition coefficient (Wildman–Crippen LogP) is -0.453. The van der Waals surface area contributed by atoms with Crippen molar-refractivity contribution in [2.24, 2.45) is 5.73 Å². The van der Waals surface area contributed by atoms with Gasteiger partial charge in [0.15, 0.2) is 0 Å². The molecule has 3 heteroatoms. The van der Waals surface area contributed by atoms with E-state index in [0.717, 1.165) is 0 Å². The molecule has 0 aromatic heterocycles. The summed E-state index contributed by atoms with van der Waals surface area (Å²) in [6.45, 7) is 0. The Morgan fingerprint density at radius 2 is 1.83 bits per heavy atom. The van der Waals surface area contributed by atoms with Crippen molar-refractivity contribution in [1.82, 2.24) is 0 Å². The van der Waals surface area contributed by atoms with Gasteiger partial charge in [-0.3, -0.25) is 0 Å². The molecule has 0 rings (SSSR count). The Labute approximate surface area is 38.5 Å². The van der Waals surface area contributed by atoms with Gasteiger partial charge in [-0.1, -0.05) is 0 Å². The average molecular weight is 104 g/mol. The van der Waals surface area contributed by atoms with E-state index in [4.69, 9.17) is 0 Å². The molecule has 0 spiro atoms. The lowest BCUT2D eigenvalue weighted by atomic mass is 11.5. The minimum absolute atomic E-state index is 0.435. The van der Waals surface area contributed by atoms with Gasteiger partial charge in [0.1, 0.15) is 5.24 Å². The number of carbonyl (C=O) groups is 1. The molecule has 0 bridgehead atoms. The summed E-state index contributed by atoms with van der Waals surface area (Å²) in [5, 5.41) is -0.435. The van der Waals surface area contributed by atoms with Crippen LogP contribution in [0.15, 0.2) is 0 Å². The molecule has 0 aliphatic carbocycles. The lowest BCUT2D eigenvalue weighted by Crippen LogP contribution is -2.08. The molecular formula is C3H6NOS-. The zero-order chi connectivity index (χ0) is 5.15. The summed E-state index contributed by atoms with van der Waals surface area (Å²) < 4.78 is 0. The van der Waals surface area contributed by atoms with E-state index in [1.807, 2.05) is 0 Å². The molecule has 0 aliphatic heterocycles. The van der Waals surface area contributed by atoms with Gasteiger partial charge in [-0.25, -0.2) is 11.7 Å². The summed E-state index contributed by atoms with van der Waals surface area (Å²) in [7, 11) is -0.728. The van der Waals surface area contributed by atoms with E-state index in [1.165, 1.54) is 0 Å². The highest BCUT2D eigenvalue weighted by Gasteiger charge is 1.59. The molecule has 6 heavy (non-hydrogen) atoms. The van der Waals surface area contributed by atoms with Crippen molar-refractivity contribution in [3.8, 4) is 0 Å². The second-order valence-electron chi connectivity index (χ2n) is 0.812. The molecule has 0 atom stereocenters. The van der Waals surface area contributed by atoms with Gasteiger partial charge in [-0.05, 0) is 0 Å². The minimum atomic E-state index is -0.728. The van der Waals surface area contributed by atoms with Gasteiger partial charge in [-0.2, -0.15) is 0 Å². The third kappa shape index (κ3) is 1.84. The summed E-state index contributed by atoms with van der Waals surface area (Å²) >= 11 is 0. The SMILES string of the molecule is C=[S-](=C)C(N)=O. The number of primary amides is 1.